The molecule has 1 aromatic carbocycles. The molecule has 0 bridgehead atoms. The van der Waals surface area contributed by atoms with Crippen molar-refractivity contribution in [3.05, 3.63) is 30.3 Å². The molecular weight excluding hydrogens is 328 g/mol. The van der Waals surface area contributed by atoms with Gasteiger partial charge in [0.15, 0.2) is 0 Å². The molecule has 0 radical (unpaired) electrons. The Hall–Kier alpha value is -1.88. The maximum Gasteiger partial charge on any atom is 0.230 e. The molecule has 2 amide bonds. The van der Waals surface area contributed by atoms with Crippen LogP contribution < -0.4 is 10.2 Å². The molecule has 0 aromatic heterocycles. The summed E-state index contributed by atoms with van der Waals surface area (Å²) in [5.41, 5.74) is 0.955. The van der Waals surface area contributed by atoms with Crippen molar-refractivity contribution in [1.82, 2.24) is 5.32 Å². The van der Waals surface area contributed by atoms with Crippen LogP contribution in [-0.4, -0.2) is 37.6 Å². The molecule has 1 aromatic rings. The highest BCUT2D eigenvalue weighted by molar-refractivity contribution is 5.95. The van der Waals surface area contributed by atoms with Gasteiger partial charge in [0.05, 0.1) is 6.10 Å². The van der Waals surface area contributed by atoms with Crippen LogP contribution in [0.2, 0.25) is 0 Å². The Morgan fingerprint density at radius 2 is 1.77 bits per heavy atom. The highest BCUT2D eigenvalue weighted by Gasteiger charge is 2.32. The van der Waals surface area contributed by atoms with Gasteiger partial charge in [0.2, 0.25) is 11.8 Å². The van der Waals surface area contributed by atoms with Gasteiger partial charge in [-0.25, -0.2) is 0 Å². The first-order valence-corrected chi connectivity index (χ1v) is 9.94. The molecule has 0 spiro atoms. The minimum Gasteiger partial charge on any atom is -0.376 e. The van der Waals surface area contributed by atoms with Crippen molar-refractivity contribution in [3.63, 3.8) is 0 Å². The van der Waals surface area contributed by atoms with E-state index in [0.717, 1.165) is 50.8 Å². The lowest BCUT2D eigenvalue weighted by Gasteiger charge is -2.31. The normalized spacial score (nSPS) is 25.7. The van der Waals surface area contributed by atoms with Crippen molar-refractivity contribution in [1.29, 1.82) is 0 Å². The third kappa shape index (κ3) is 4.64. The van der Waals surface area contributed by atoms with E-state index in [1.165, 1.54) is 0 Å². The summed E-state index contributed by atoms with van der Waals surface area (Å²) in [6.07, 6.45) is 5.47. The van der Waals surface area contributed by atoms with Crippen LogP contribution >= 0.6 is 0 Å². The van der Waals surface area contributed by atoms with Gasteiger partial charge in [-0.15, -0.1) is 0 Å². The summed E-state index contributed by atoms with van der Waals surface area (Å²) in [6, 6.07) is 9.83. The fraction of sp³-hybridized carbons (Fsp3) is 0.619. The van der Waals surface area contributed by atoms with Crippen LogP contribution in [-0.2, 0) is 14.3 Å². The molecule has 1 saturated heterocycles. The van der Waals surface area contributed by atoms with E-state index in [1.54, 1.807) is 0 Å². The first-order chi connectivity index (χ1) is 12.7. The molecule has 1 saturated carbocycles. The third-order valence-electron chi connectivity index (χ3n) is 5.63. The van der Waals surface area contributed by atoms with E-state index < -0.39 is 0 Å². The Morgan fingerprint density at radius 3 is 2.38 bits per heavy atom. The summed E-state index contributed by atoms with van der Waals surface area (Å²) >= 11 is 0. The molecular formula is C21H30N2O3. The molecule has 1 N–H and O–H groups in total. The fourth-order valence-corrected chi connectivity index (χ4v) is 4.06. The second-order valence-corrected chi connectivity index (χ2v) is 7.35. The number of nitrogens with one attached hydrogen (secondary N) is 1. The van der Waals surface area contributed by atoms with Crippen molar-refractivity contribution >= 4 is 17.5 Å². The number of para-hydroxylation sites is 1. The average Bonchev–Trinajstić information content (AvgIpc) is 3.21. The van der Waals surface area contributed by atoms with E-state index in [1.807, 2.05) is 42.2 Å². The number of rotatable bonds is 6. The van der Waals surface area contributed by atoms with Gasteiger partial charge in [0.1, 0.15) is 0 Å². The van der Waals surface area contributed by atoms with Crippen molar-refractivity contribution < 1.29 is 14.3 Å². The summed E-state index contributed by atoms with van der Waals surface area (Å²) < 4.78 is 5.56. The molecule has 2 fully saturated rings. The van der Waals surface area contributed by atoms with Gasteiger partial charge in [0, 0.05) is 37.2 Å². The van der Waals surface area contributed by atoms with E-state index in [0.29, 0.717) is 13.1 Å². The van der Waals surface area contributed by atoms with E-state index in [-0.39, 0.29) is 29.8 Å². The molecule has 26 heavy (non-hydrogen) atoms. The summed E-state index contributed by atoms with van der Waals surface area (Å²) in [4.78, 5) is 27.2. The molecule has 5 nitrogen and oxygen atoms in total. The highest BCUT2D eigenvalue weighted by Crippen LogP contribution is 2.31. The first-order valence-electron chi connectivity index (χ1n) is 9.94. The lowest BCUT2D eigenvalue weighted by atomic mass is 9.80. The molecule has 2 aliphatic rings. The van der Waals surface area contributed by atoms with Gasteiger partial charge in [-0.1, -0.05) is 18.2 Å². The largest absolute Gasteiger partial charge is 0.376 e. The molecule has 1 aliphatic heterocycles. The maximum absolute atomic E-state index is 12.9. The van der Waals surface area contributed by atoms with Crippen LogP contribution in [0, 0.1) is 11.8 Å². The predicted octanol–water partition coefficient (Wildman–Crippen LogP) is 3.14. The van der Waals surface area contributed by atoms with Crippen molar-refractivity contribution in [3.8, 4) is 0 Å². The van der Waals surface area contributed by atoms with E-state index >= 15 is 0 Å². The lowest BCUT2D eigenvalue weighted by molar-refractivity contribution is -0.129. The molecule has 5 heteroatoms. The first kappa shape index (κ1) is 18.9. The standard InChI is InChI=1S/C21H30N2O3/c1-2-23(18-7-4-3-5-8-18)21(25)17-12-10-16(11-13-17)20(24)22-15-19-9-6-14-26-19/h3-5,7-8,16-17,19H,2,6,9-15H2,1H3,(H,22,24). The van der Waals surface area contributed by atoms with Crippen LogP contribution in [0.15, 0.2) is 30.3 Å². The number of hydrogen-bond acceptors (Lipinski definition) is 3. The molecule has 1 unspecified atom stereocenters. The van der Waals surface area contributed by atoms with Crippen LogP contribution in [0.3, 0.4) is 0 Å². The smallest absolute Gasteiger partial charge is 0.230 e. The number of benzene rings is 1. The molecule has 1 aliphatic carbocycles. The van der Waals surface area contributed by atoms with Crippen LogP contribution in [0.25, 0.3) is 0 Å². The minimum absolute atomic E-state index is 0.0253. The lowest BCUT2D eigenvalue weighted by Crippen LogP contribution is -2.41. The van der Waals surface area contributed by atoms with Gasteiger partial charge in [0.25, 0.3) is 0 Å². The quantitative estimate of drug-likeness (QED) is 0.850. The summed E-state index contributed by atoms with van der Waals surface area (Å²) in [6.45, 7) is 4.11. The van der Waals surface area contributed by atoms with Crippen LogP contribution in [0.4, 0.5) is 5.69 Å². The number of anilines is 1. The number of hydrogen-bond donors (Lipinski definition) is 1. The van der Waals surface area contributed by atoms with Crippen molar-refractivity contribution in [2.24, 2.45) is 11.8 Å². The maximum atomic E-state index is 12.9. The Balaban J connectivity index is 1.47. The van der Waals surface area contributed by atoms with Gasteiger partial charge in [-0.2, -0.15) is 0 Å². The summed E-state index contributed by atoms with van der Waals surface area (Å²) in [7, 11) is 0. The summed E-state index contributed by atoms with van der Waals surface area (Å²) in [5.74, 6) is 0.378. The zero-order valence-corrected chi connectivity index (χ0v) is 15.7. The zero-order chi connectivity index (χ0) is 18.4. The number of amides is 2. The Bertz CT molecular complexity index is 591. The summed E-state index contributed by atoms with van der Waals surface area (Å²) in [5, 5.41) is 3.04. The van der Waals surface area contributed by atoms with Gasteiger partial charge >= 0.3 is 0 Å². The van der Waals surface area contributed by atoms with E-state index in [4.69, 9.17) is 4.74 Å². The molecule has 1 heterocycles. The van der Waals surface area contributed by atoms with E-state index in [2.05, 4.69) is 5.32 Å². The van der Waals surface area contributed by atoms with Crippen molar-refractivity contribution in [2.45, 2.75) is 51.6 Å². The second-order valence-electron chi connectivity index (χ2n) is 7.35. The van der Waals surface area contributed by atoms with Crippen LogP contribution in [0.1, 0.15) is 45.4 Å². The van der Waals surface area contributed by atoms with Crippen LogP contribution in [0.5, 0.6) is 0 Å². The highest BCUT2D eigenvalue weighted by atomic mass is 16.5. The fourth-order valence-electron chi connectivity index (χ4n) is 4.06. The topological polar surface area (TPSA) is 58.6 Å². The van der Waals surface area contributed by atoms with Gasteiger partial charge in [-0.3, -0.25) is 9.59 Å². The number of carbonyl (C=O) groups excluding carboxylic acids is 2. The van der Waals surface area contributed by atoms with E-state index in [9.17, 15) is 9.59 Å². The molecule has 1 atom stereocenters. The Kier molecular flexibility index (Phi) is 6.67. The molecule has 142 valence electrons. The Labute approximate surface area is 156 Å². The van der Waals surface area contributed by atoms with Gasteiger partial charge in [-0.05, 0) is 57.6 Å². The predicted molar refractivity (Wildman–Crippen MR) is 102 cm³/mol. The zero-order valence-electron chi connectivity index (χ0n) is 15.7. The SMILES string of the molecule is CCN(C(=O)C1CCC(C(=O)NCC2CCCO2)CC1)c1ccccc1. The second kappa shape index (κ2) is 9.17. The van der Waals surface area contributed by atoms with Crippen molar-refractivity contribution in [2.75, 3.05) is 24.6 Å². The average molecular weight is 358 g/mol. The number of nitrogens with zero attached hydrogens (tertiary/aromatic N) is 1. The minimum atomic E-state index is 0.0253. The molecule has 3 rings (SSSR count). The Morgan fingerprint density at radius 1 is 1.08 bits per heavy atom. The number of ether oxygens (including phenoxy) is 1. The van der Waals surface area contributed by atoms with Gasteiger partial charge < -0.3 is 15.0 Å². The monoisotopic (exact) mass is 358 g/mol. The third-order valence-corrected chi connectivity index (χ3v) is 5.63. The number of carbonyl (C=O) groups is 2.